The summed E-state index contributed by atoms with van der Waals surface area (Å²) in [5, 5.41) is 0. The topological polar surface area (TPSA) is 115 Å². The van der Waals surface area contributed by atoms with Crippen molar-refractivity contribution in [3.05, 3.63) is 131 Å². The van der Waals surface area contributed by atoms with E-state index >= 15 is 0 Å². The van der Waals surface area contributed by atoms with Gasteiger partial charge in [0.15, 0.2) is 11.6 Å². The molecule has 4 rings (SSSR count). The smallest absolute Gasteiger partial charge is 0.297 e. The van der Waals surface area contributed by atoms with E-state index in [0.29, 0.717) is 11.1 Å². The van der Waals surface area contributed by atoms with Crippen LogP contribution in [0.4, 0.5) is 5.69 Å². The highest BCUT2D eigenvalue weighted by Gasteiger charge is 2.31. The molecule has 35 heavy (non-hydrogen) atoms. The van der Waals surface area contributed by atoms with Gasteiger partial charge in [0.1, 0.15) is 4.90 Å². The molecule has 6 nitrogen and oxygen atoms in total. The van der Waals surface area contributed by atoms with E-state index < -0.39 is 26.6 Å². The van der Waals surface area contributed by atoms with Crippen LogP contribution >= 0.6 is 0 Å². The van der Waals surface area contributed by atoms with Crippen molar-refractivity contribution in [1.82, 2.24) is 0 Å². The van der Waals surface area contributed by atoms with Gasteiger partial charge >= 0.3 is 0 Å². The second-order valence-electron chi connectivity index (χ2n) is 7.71. The van der Waals surface area contributed by atoms with Gasteiger partial charge in [-0.1, -0.05) is 103 Å². The maximum absolute atomic E-state index is 14.0. The van der Waals surface area contributed by atoms with E-state index in [0.717, 1.165) is 0 Å². The Kier molecular flexibility index (Phi) is 6.73. The zero-order valence-corrected chi connectivity index (χ0v) is 19.3. The fourth-order valence-corrected chi connectivity index (χ4v) is 4.69. The molecule has 3 N–H and O–H groups in total. The van der Waals surface area contributed by atoms with Crippen LogP contribution < -0.4 is 5.73 Å². The number of rotatable bonds is 7. The van der Waals surface area contributed by atoms with Crippen LogP contribution in [-0.4, -0.2) is 24.5 Å². The maximum Gasteiger partial charge on any atom is 0.297 e. The Hall–Kier alpha value is -4.33. The Morgan fingerprint density at radius 1 is 0.571 bits per heavy atom. The first-order valence-corrected chi connectivity index (χ1v) is 12.1. The summed E-state index contributed by atoms with van der Waals surface area (Å²) in [6.07, 6.45) is 0. The second kappa shape index (κ2) is 9.89. The van der Waals surface area contributed by atoms with Gasteiger partial charge in [0.05, 0.1) is 5.69 Å². The molecule has 0 aromatic heterocycles. The maximum atomic E-state index is 14.0. The molecule has 4 aromatic rings. The van der Waals surface area contributed by atoms with Crippen LogP contribution in [0, 0.1) is 0 Å². The van der Waals surface area contributed by atoms with Gasteiger partial charge in [0.2, 0.25) is 0 Å². The highest BCUT2D eigenvalue weighted by molar-refractivity contribution is 7.86. The summed E-state index contributed by atoms with van der Waals surface area (Å²) in [7, 11) is -4.85. The lowest BCUT2D eigenvalue weighted by Gasteiger charge is -2.18. The average molecular weight is 484 g/mol. The molecule has 0 fully saturated rings. The van der Waals surface area contributed by atoms with Crippen molar-refractivity contribution in [2.75, 3.05) is 5.73 Å². The zero-order valence-electron chi connectivity index (χ0n) is 18.5. The molecule has 0 aliphatic heterocycles. The summed E-state index contributed by atoms with van der Waals surface area (Å²) in [4.78, 5) is 27.2. The van der Waals surface area contributed by atoms with Gasteiger partial charge in [0, 0.05) is 27.8 Å². The third kappa shape index (κ3) is 4.96. The summed E-state index contributed by atoms with van der Waals surface area (Å²) >= 11 is 0. The van der Waals surface area contributed by atoms with Crippen molar-refractivity contribution < 1.29 is 22.6 Å². The molecule has 0 aliphatic carbocycles. The Bertz CT molecular complexity index is 1530. The Morgan fingerprint density at radius 3 is 1.46 bits per heavy atom. The van der Waals surface area contributed by atoms with Crippen LogP contribution in [0.5, 0.6) is 0 Å². The van der Waals surface area contributed by atoms with Crippen molar-refractivity contribution in [3.8, 4) is 0 Å². The van der Waals surface area contributed by atoms with Crippen molar-refractivity contribution in [1.29, 1.82) is 0 Å². The minimum atomic E-state index is -4.85. The van der Waals surface area contributed by atoms with E-state index in [-0.39, 0.29) is 28.0 Å². The van der Waals surface area contributed by atoms with Crippen molar-refractivity contribution in [2.24, 2.45) is 0 Å². The van der Waals surface area contributed by atoms with Gasteiger partial charge in [-0.25, -0.2) is 0 Å². The summed E-state index contributed by atoms with van der Waals surface area (Å²) < 4.78 is 34.8. The van der Waals surface area contributed by atoms with Crippen molar-refractivity contribution in [3.63, 3.8) is 0 Å². The third-order valence-electron chi connectivity index (χ3n) is 5.41. The number of benzene rings is 4. The third-order valence-corrected chi connectivity index (χ3v) is 6.38. The lowest BCUT2D eigenvalue weighted by molar-refractivity contribution is 0.103. The molecule has 7 heteroatoms. The van der Waals surface area contributed by atoms with Crippen molar-refractivity contribution in [2.45, 2.75) is 4.90 Å². The van der Waals surface area contributed by atoms with Crippen LogP contribution in [0.1, 0.15) is 31.8 Å². The van der Waals surface area contributed by atoms with Gasteiger partial charge in [-0.05, 0) is 11.6 Å². The van der Waals surface area contributed by atoms with Crippen LogP contribution in [0.15, 0.2) is 114 Å². The zero-order chi connectivity index (χ0) is 25.0. The number of hydrogen-bond donors (Lipinski definition) is 2. The number of nitrogen functional groups attached to an aromatic ring is 1. The van der Waals surface area contributed by atoms with Gasteiger partial charge in [-0.2, -0.15) is 8.42 Å². The molecule has 0 heterocycles. The number of hydrogen-bond acceptors (Lipinski definition) is 5. The largest absolute Gasteiger partial charge is 0.398 e. The second-order valence-corrected chi connectivity index (χ2v) is 9.06. The highest BCUT2D eigenvalue weighted by Crippen LogP contribution is 2.37. The summed E-state index contributed by atoms with van der Waals surface area (Å²) in [5.41, 5.74) is 6.30. The first-order chi connectivity index (χ1) is 16.8. The lowest BCUT2D eigenvalue weighted by Crippen LogP contribution is -2.15. The first kappa shape index (κ1) is 23.8. The molecule has 0 unspecified atom stereocenters. The van der Waals surface area contributed by atoms with Crippen LogP contribution in [0.2, 0.25) is 0 Å². The van der Waals surface area contributed by atoms with E-state index in [1.807, 2.05) is 0 Å². The van der Waals surface area contributed by atoms with E-state index in [1.165, 1.54) is 18.2 Å². The van der Waals surface area contributed by atoms with E-state index in [9.17, 15) is 22.6 Å². The summed E-state index contributed by atoms with van der Waals surface area (Å²) in [6, 6.07) is 29.2. The fraction of sp³-hybridized carbons (Fsp3) is 0. The molecule has 0 saturated carbocycles. The number of ketones is 2. The van der Waals surface area contributed by atoms with Crippen LogP contribution in [0.3, 0.4) is 0 Å². The SMILES string of the molecule is Nc1cccc(C(C(=O)c2ccccc2)=C(C(=O)c2ccccc2)c2ccccc2)c1S(=O)(=O)O. The molecule has 0 amide bonds. The molecule has 0 saturated heterocycles. The Labute approximate surface area is 203 Å². The molecule has 174 valence electrons. The minimum absolute atomic E-state index is 0.0128. The molecule has 4 aromatic carbocycles. The minimum Gasteiger partial charge on any atom is -0.398 e. The van der Waals surface area contributed by atoms with E-state index in [1.54, 1.807) is 91.0 Å². The van der Waals surface area contributed by atoms with Gasteiger partial charge < -0.3 is 5.73 Å². The highest BCUT2D eigenvalue weighted by atomic mass is 32.2. The Morgan fingerprint density at radius 2 is 1.00 bits per heavy atom. The van der Waals surface area contributed by atoms with Crippen molar-refractivity contribution >= 4 is 38.5 Å². The number of anilines is 1. The molecule has 0 aliphatic rings. The monoisotopic (exact) mass is 483 g/mol. The lowest BCUT2D eigenvalue weighted by atomic mass is 9.85. The molecular formula is C28H21NO5S. The van der Waals surface area contributed by atoms with Gasteiger partial charge in [-0.3, -0.25) is 14.1 Å². The molecule has 0 bridgehead atoms. The predicted molar refractivity (Wildman–Crippen MR) is 135 cm³/mol. The quantitative estimate of drug-likeness (QED) is 0.123. The number of carbonyl (C=O) groups excluding carboxylic acids is 2. The van der Waals surface area contributed by atoms with E-state index in [4.69, 9.17) is 5.73 Å². The summed E-state index contributed by atoms with van der Waals surface area (Å²) in [5.74, 6) is -1.08. The first-order valence-electron chi connectivity index (χ1n) is 10.6. The number of Topliss-reactive ketones (excluding diaryl/α,β-unsaturated/α-hetero) is 2. The van der Waals surface area contributed by atoms with Crippen LogP contribution in [0.25, 0.3) is 11.1 Å². The fourth-order valence-electron chi connectivity index (χ4n) is 3.87. The molecule has 0 spiro atoms. The van der Waals surface area contributed by atoms with Crippen LogP contribution in [-0.2, 0) is 10.1 Å². The molecular weight excluding hydrogens is 462 g/mol. The Balaban J connectivity index is 2.18. The molecule has 0 radical (unpaired) electrons. The number of carbonyl (C=O) groups is 2. The van der Waals surface area contributed by atoms with Gasteiger partial charge in [0.25, 0.3) is 10.1 Å². The molecule has 0 atom stereocenters. The van der Waals surface area contributed by atoms with Gasteiger partial charge in [-0.15, -0.1) is 0 Å². The summed E-state index contributed by atoms with van der Waals surface area (Å²) in [6.45, 7) is 0. The number of nitrogens with two attached hydrogens (primary N) is 1. The predicted octanol–water partition coefficient (Wildman–Crippen LogP) is 5.19. The van der Waals surface area contributed by atoms with E-state index in [2.05, 4.69) is 0 Å². The normalized spacial score (nSPS) is 12.0. The standard InChI is InChI=1S/C28H21NO5S/c29-23-18-10-17-22(28(23)35(32,33)34)25(27(31)21-15-8-3-9-16-21)24(19-11-4-1-5-12-19)26(30)20-13-6-2-7-14-20/h1-18H,29H2,(H,32,33,34). The average Bonchev–Trinajstić information content (AvgIpc) is 2.87. The number of allylic oxidation sites excluding steroid dienone is 2.